The normalized spacial score (nSPS) is 12.9. The Labute approximate surface area is 118 Å². The first-order valence-corrected chi connectivity index (χ1v) is 6.20. The van der Waals surface area contributed by atoms with Gasteiger partial charge in [0.05, 0.1) is 6.54 Å². The molecule has 0 atom stereocenters. The van der Waals surface area contributed by atoms with Crippen molar-refractivity contribution in [3.63, 3.8) is 0 Å². The van der Waals surface area contributed by atoms with E-state index in [1.165, 1.54) is 16.8 Å². The summed E-state index contributed by atoms with van der Waals surface area (Å²) in [7, 11) is 2.09. The van der Waals surface area contributed by atoms with Crippen molar-refractivity contribution in [1.29, 1.82) is 0 Å². The quantitative estimate of drug-likeness (QED) is 0.896. The Kier molecular flexibility index (Phi) is 4.39. The molecule has 1 aromatic carbocycles. The molecular formula is C13H18ClN5. The van der Waals surface area contributed by atoms with Crippen LogP contribution in [0.1, 0.15) is 17.0 Å². The zero-order valence-electron chi connectivity index (χ0n) is 10.9. The number of benzene rings is 1. The molecule has 0 saturated carbocycles. The number of fused-ring (bicyclic) bond motifs is 1. The Morgan fingerprint density at radius 1 is 1.32 bits per heavy atom. The van der Waals surface area contributed by atoms with E-state index < -0.39 is 0 Å². The van der Waals surface area contributed by atoms with Gasteiger partial charge in [-0.1, -0.05) is 18.2 Å². The number of nitrogens with zero attached hydrogens (tertiary/aromatic N) is 3. The van der Waals surface area contributed by atoms with Crippen molar-refractivity contribution in [2.75, 3.05) is 18.9 Å². The van der Waals surface area contributed by atoms with E-state index in [0.717, 1.165) is 31.9 Å². The molecule has 102 valence electrons. The van der Waals surface area contributed by atoms with E-state index in [1.54, 1.807) is 6.33 Å². The van der Waals surface area contributed by atoms with Crippen molar-refractivity contribution in [3.8, 4) is 0 Å². The van der Waals surface area contributed by atoms with E-state index in [9.17, 15) is 0 Å². The summed E-state index contributed by atoms with van der Waals surface area (Å²) in [6, 6.07) is 6.53. The monoisotopic (exact) mass is 279 g/mol. The van der Waals surface area contributed by atoms with Crippen molar-refractivity contribution >= 4 is 18.1 Å². The maximum Gasteiger partial charge on any atom is 0.138 e. The van der Waals surface area contributed by atoms with Gasteiger partial charge in [0.25, 0.3) is 0 Å². The molecule has 0 saturated heterocycles. The number of aromatic nitrogens is 3. The van der Waals surface area contributed by atoms with E-state index in [0.29, 0.717) is 0 Å². The highest BCUT2D eigenvalue weighted by molar-refractivity contribution is 5.85. The fraction of sp³-hybridized carbons (Fsp3) is 0.385. The van der Waals surface area contributed by atoms with Crippen molar-refractivity contribution < 1.29 is 0 Å². The molecule has 0 unspecified atom stereocenters. The summed E-state index contributed by atoms with van der Waals surface area (Å²) in [6.45, 7) is 2.75. The molecule has 3 rings (SSSR count). The number of anilines is 1. The third-order valence-corrected chi connectivity index (χ3v) is 3.26. The Morgan fingerprint density at radius 3 is 3.00 bits per heavy atom. The molecule has 6 heteroatoms. The maximum atomic E-state index is 4.15. The van der Waals surface area contributed by atoms with Gasteiger partial charge in [0.1, 0.15) is 12.2 Å². The number of hydrogen-bond donors (Lipinski definition) is 2. The summed E-state index contributed by atoms with van der Waals surface area (Å²) in [4.78, 5) is 6.38. The zero-order valence-corrected chi connectivity index (χ0v) is 11.7. The van der Waals surface area contributed by atoms with Crippen LogP contribution in [-0.4, -0.2) is 33.7 Å². The number of aromatic amines is 1. The molecule has 2 heterocycles. The number of hydrogen-bond acceptors (Lipinski definition) is 4. The lowest BCUT2D eigenvalue weighted by Crippen LogP contribution is -2.18. The minimum absolute atomic E-state index is 0. The van der Waals surface area contributed by atoms with Gasteiger partial charge in [0, 0.05) is 18.8 Å². The summed E-state index contributed by atoms with van der Waals surface area (Å²) < 4.78 is 0. The van der Waals surface area contributed by atoms with Crippen molar-refractivity contribution in [1.82, 2.24) is 20.1 Å². The first-order valence-electron chi connectivity index (χ1n) is 6.20. The van der Waals surface area contributed by atoms with Gasteiger partial charge in [-0.25, -0.2) is 4.98 Å². The molecule has 1 aromatic heterocycles. The van der Waals surface area contributed by atoms with E-state index in [-0.39, 0.29) is 12.4 Å². The van der Waals surface area contributed by atoms with Crippen LogP contribution >= 0.6 is 12.4 Å². The van der Waals surface area contributed by atoms with Gasteiger partial charge < -0.3 is 5.32 Å². The average Bonchev–Trinajstić information content (AvgIpc) is 2.99. The van der Waals surface area contributed by atoms with E-state index in [1.807, 2.05) is 0 Å². The third-order valence-electron chi connectivity index (χ3n) is 3.26. The van der Waals surface area contributed by atoms with Crippen LogP contribution < -0.4 is 5.32 Å². The summed E-state index contributed by atoms with van der Waals surface area (Å²) in [6.07, 6.45) is 2.68. The Bertz CT molecular complexity index is 526. The number of para-hydroxylation sites is 1. The van der Waals surface area contributed by atoms with Crippen LogP contribution in [0.25, 0.3) is 0 Å². The molecule has 1 aliphatic heterocycles. The van der Waals surface area contributed by atoms with Gasteiger partial charge in [-0.05, 0) is 24.6 Å². The number of nitrogens with one attached hydrogen (secondary N) is 2. The van der Waals surface area contributed by atoms with Crippen LogP contribution in [0, 0.1) is 0 Å². The fourth-order valence-electron chi connectivity index (χ4n) is 2.45. The summed E-state index contributed by atoms with van der Waals surface area (Å²) in [5, 5.41) is 10.2. The molecular weight excluding hydrogens is 262 g/mol. The van der Waals surface area contributed by atoms with Gasteiger partial charge in [-0.15, -0.1) is 12.4 Å². The predicted molar refractivity (Wildman–Crippen MR) is 77.4 cm³/mol. The molecule has 0 bridgehead atoms. The Hall–Kier alpha value is -1.59. The van der Waals surface area contributed by atoms with Crippen molar-refractivity contribution in [2.45, 2.75) is 19.5 Å². The first kappa shape index (κ1) is 13.8. The van der Waals surface area contributed by atoms with Gasteiger partial charge in [0.2, 0.25) is 0 Å². The minimum atomic E-state index is 0. The summed E-state index contributed by atoms with van der Waals surface area (Å²) in [5.41, 5.74) is 4.11. The van der Waals surface area contributed by atoms with E-state index >= 15 is 0 Å². The highest BCUT2D eigenvalue weighted by Gasteiger charge is 2.14. The SMILES string of the molecule is CN(Cc1ncn[nH]1)Cc1cccc2c1NCC2.Cl. The molecule has 1 aliphatic rings. The first-order chi connectivity index (χ1) is 8.83. The standard InChI is InChI=1S/C13H17N5.ClH/c1-18(8-12-15-9-16-17-12)7-11-4-2-3-10-5-6-14-13(10)11;/h2-4,9,14H,5-8H2,1H3,(H,15,16,17);1H. The molecule has 0 radical (unpaired) electrons. The Balaban J connectivity index is 0.00000133. The molecule has 5 nitrogen and oxygen atoms in total. The maximum absolute atomic E-state index is 4.15. The fourth-order valence-corrected chi connectivity index (χ4v) is 2.45. The van der Waals surface area contributed by atoms with Crippen LogP contribution in [0.2, 0.25) is 0 Å². The average molecular weight is 280 g/mol. The lowest BCUT2D eigenvalue weighted by Gasteiger charge is -2.17. The second-order valence-corrected chi connectivity index (χ2v) is 4.73. The summed E-state index contributed by atoms with van der Waals surface area (Å²) >= 11 is 0. The highest BCUT2D eigenvalue weighted by atomic mass is 35.5. The van der Waals surface area contributed by atoms with Gasteiger partial charge in [-0.2, -0.15) is 5.10 Å². The van der Waals surface area contributed by atoms with Crippen molar-refractivity contribution in [2.24, 2.45) is 0 Å². The third kappa shape index (κ3) is 3.05. The summed E-state index contributed by atoms with van der Waals surface area (Å²) in [5.74, 6) is 0.901. The van der Waals surface area contributed by atoms with Gasteiger partial charge in [0.15, 0.2) is 0 Å². The number of rotatable bonds is 4. The predicted octanol–water partition coefficient (Wildman–Crippen LogP) is 1.83. The highest BCUT2D eigenvalue weighted by Crippen LogP contribution is 2.27. The van der Waals surface area contributed by atoms with Crippen LogP contribution in [0.5, 0.6) is 0 Å². The van der Waals surface area contributed by atoms with Crippen LogP contribution in [-0.2, 0) is 19.5 Å². The number of halogens is 1. The van der Waals surface area contributed by atoms with Crippen LogP contribution in [0.3, 0.4) is 0 Å². The van der Waals surface area contributed by atoms with Crippen molar-refractivity contribution in [3.05, 3.63) is 41.5 Å². The lowest BCUT2D eigenvalue weighted by molar-refractivity contribution is 0.311. The molecule has 2 aromatic rings. The number of H-pyrrole nitrogens is 1. The van der Waals surface area contributed by atoms with Gasteiger partial charge in [-0.3, -0.25) is 10.00 Å². The lowest BCUT2D eigenvalue weighted by atomic mass is 10.1. The smallest absolute Gasteiger partial charge is 0.138 e. The molecule has 0 aliphatic carbocycles. The molecule has 19 heavy (non-hydrogen) atoms. The van der Waals surface area contributed by atoms with E-state index in [2.05, 4.69) is 50.6 Å². The van der Waals surface area contributed by atoms with E-state index in [4.69, 9.17) is 0 Å². The minimum Gasteiger partial charge on any atom is -0.384 e. The Morgan fingerprint density at radius 2 is 2.21 bits per heavy atom. The van der Waals surface area contributed by atoms with Crippen LogP contribution in [0.4, 0.5) is 5.69 Å². The zero-order chi connectivity index (χ0) is 12.4. The molecule has 0 spiro atoms. The molecule has 0 fully saturated rings. The van der Waals surface area contributed by atoms with Crippen LogP contribution in [0.15, 0.2) is 24.5 Å². The largest absolute Gasteiger partial charge is 0.384 e. The second-order valence-electron chi connectivity index (χ2n) is 4.73. The topological polar surface area (TPSA) is 56.8 Å². The molecule has 2 N–H and O–H groups in total. The van der Waals surface area contributed by atoms with Gasteiger partial charge >= 0.3 is 0 Å². The molecule has 0 amide bonds. The second kappa shape index (κ2) is 6.04.